The first-order valence-electron chi connectivity index (χ1n) is 8.40. The van der Waals surface area contributed by atoms with Crippen molar-refractivity contribution in [2.24, 2.45) is 0 Å². The molecule has 1 fully saturated rings. The first-order valence-corrected chi connectivity index (χ1v) is 8.40. The van der Waals surface area contributed by atoms with Gasteiger partial charge in [-0.1, -0.05) is 49.3 Å². The monoisotopic (exact) mass is 328 g/mol. The average molecular weight is 328 g/mol. The highest BCUT2D eigenvalue weighted by molar-refractivity contribution is 5.78. The number of nitrogens with one attached hydrogen (secondary N) is 1. The Morgan fingerprint density at radius 1 is 1.38 bits per heavy atom. The summed E-state index contributed by atoms with van der Waals surface area (Å²) in [6.45, 7) is 4.86. The van der Waals surface area contributed by atoms with E-state index < -0.39 is 0 Å². The van der Waals surface area contributed by atoms with Crippen LogP contribution in [0.3, 0.4) is 0 Å². The number of rotatable bonds is 5. The van der Waals surface area contributed by atoms with Gasteiger partial charge < -0.3 is 9.84 Å². The van der Waals surface area contributed by atoms with E-state index in [9.17, 15) is 4.79 Å². The van der Waals surface area contributed by atoms with Gasteiger partial charge in [0.1, 0.15) is 0 Å². The highest BCUT2D eigenvalue weighted by atomic mass is 16.5. The summed E-state index contributed by atoms with van der Waals surface area (Å²) in [4.78, 5) is 18.9. The van der Waals surface area contributed by atoms with E-state index >= 15 is 0 Å². The molecule has 1 aromatic heterocycles. The summed E-state index contributed by atoms with van der Waals surface area (Å²) in [6, 6.07) is 9.95. The summed E-state index contributed by atoms with van der Waals surface area (Å²) < 4.78 is 5.41. The van der Waals surface area contributed by atoms with Gasteiger partial charge in [0.25, 0.3) is 0 Å². The Balaban J connectivity index is 1.58. The Hall–Kier alpha value is -2.21. The molecule has 0 spiro atoms. The van der Waals surface area contributed by atoms with Gasteiger partial charge in [0.2, 0.25) is 11.8 Å². The van der Waals surface area contributed by atoms with Crippen LogP contribution in [-0.2, 0) is 11.2 Å². The van der Waals surface area contributed by atoms with Gasteiger partial charge in [-0.15, -0.1) is 0 Å². The van der Waals surface area contributed by atoms with E-state index in [0.29, 0.717) is 12.3 Å². The molecule has 1 aliphatic rings. The number of aromatic nitrogens is 2. The van der Waals surface area contributed by atoms with Crippen LogP contribution in [0.15, 0.2) is 34.9 Å². The molecule has 24 heavy (non-hydrogen) atoms. The zero-order chi connectivity index (χ0) is 17.1. The SMILES string of the molecule is CC(C)c1noc(C2CC(NC(=O)Cc3ccccc3)CN2C)n1. The van der Waals surface area contributed by atoms with Crippen LogP contribution in [0.2, 0.25) is 0 Å². The highest BCUT2D eigenvalue weighted by Crippen LogP contribution is 2.30. The third kappa shape index (κ3) is 3.82. The first-order chi connectivity index (χ1) is 11.5. The van der Waals surface area contributed by atoms with Gasteiger partial charge in [-0.3, -0.25) is 9.69 Å². The maximum absolute atomic E-state index is 12.2. The fourth-order valence-corrected chi connectivity index (χ4v) is 3.07. The van der Waals surface area contributed by atoms with Crippen LogP contribution < -0.4 is 5.32 Å². The van der Waals surface area contributed by atoms with E-state index in [-0.39, 0.29) is 23.9 Å². The molecule has 1 aromatic carbocycles. The topological polar surface area (TPSA) is 71.3 Å². The van der Waals surface area contributed by atoms with Gasteiger partial charge >= 0.3 is 0 Å². The maximum atomic E-state index is 12.2. The second-order valence-electron chi connectivity index (χ2n) is 6.76. The molecule has 0 radical (unpaired) electrons. The van der Waals surface area contributed by atoms with Crippen LogP contribution in [0.4, 0.5) is 0 Å². The predicted octanol–water partition coefficient (Wildman–Crippen LogP) is 2.30. The van der Waals surface area contributed by atoms with Gasteiger partial charge in [0.15, 0.2) is 5.82 Å². The van der Waals surface area contributed by atoms with Crippen molar-refractivity contribution in [1.29, 1.82) is 0 Å². The quantitative estimate of drug-likeness (QED) is 0.912. The summed E-state index contributed by atoms with van der Waals surface area (Å²) in [7, 11) is 2.02. The average Bonchev–Trinajstić information content (AvgIpc) is 3.15. The fraction of sp³-hybridized carbons (Fsp3) is 0.500. The molecule has 2 aromatic rings. The third-order valence-corrected chi connectivity index (χ3v) is 4.38. The smallest absolute Gasteiger partial charge is 0.244 e. The van der Waals surface area contributed by atoms with Gasteiger partial charge in [0.05, 0.1) is 12.5 Å². The van der Waals surface area contributed by atoms with E-state index in [2.05, 4.69) is 20.4 Å². The molecule has 128 valence electrons. The number of amides is 1. The summed E-state index contributed by atoms with van der Waals surface area (Å²) in [5.74, 6) is 1.67. The van der Waals surface area contributed by atoms with Crippen molar-refractivity contribution in [1.82, 2.24) is 20.4 Å². The van der Waals surface area contributed by atoms with Crippen LogP contribution in [0.5, 0.6) is 0 Å². The normalized spacial score (nSPS) is 21.3. The lowest BCUT2D eigenvalue weighted by Crippen LogP contribution is -2.37. The van der Waals surface area contributed by atoms with Crippen molar-refractivity contribution in [3.8, 4) is 0 Å². The second-order valence-corrected chi connectivity index (χ2v) is 6.76. The fourth-order valence-electron chi connectivity index (χ4n) is 3.07. The molecule has 2 heterocycles. The predicted molar refractivity (Wildman–Crippen MR) is 90.5 cm³/mol. The van der Waals surface area contributed by atoms with E-state index in [1.54, 1.807) is 0 Å². The summed E-state index contributed by atoms with van der Waals surface area (Å²) in [6.07, 6.45) is 1.19. The van der Waals surface area contributed by atoms with Crippen molar-refractivity contribution < 1.29 is 9.32 Å². The minimum Gasteiger partial charge on any atom is -0.352 e. The van der Waals surface area contributed by atoms with Crippen molar-refractivity contribution in [2.75, 3.05) is 13.6 Å². The van der Waals surface area contributed by atoms with E-state index in [0.717, 1.165) is 24.4 Å². The number of hydrogen-bond acceptors (Lipinski definition) is 5. The number of hydrogen-bond donors (Lipinski definition) is 1. The molecule has 6 nitrogen and oxygen atoms in total. The molecule has 2 atom stereocenters. The van der Waals surface area contributed by atoms with Gasteiger partial charge in [-0.2, -0.15) is 4.98 Å². The first kappa shape index (κ1) is 16.6. The molecule has 6 heteroatoms. The van der Waals surface area contributed by atoms with Crippen molar-refractivity contribution >= 4 is 5.91 Å². The Morgan fingerprint density at radius 3 is 2.79 bits per heavy atom. The molecule has 0 saturated carbocycles. The van der Waals surface area contributed by atoms with E-state index in [1.807, 2.05) is 51.2 Å². The van der Waals surface area contributed by atoms with Gasteiger partial charge in [0, 0.05) is 18.5 Å². The second kappa shape index (κ2) is 7.13. The highest BCUT2D eigenvalue weighted by Gasteiger charge is 2.35. The summed E-state index contributed by atoms with van der Waals surface area (Å²) >= 11 is 0. The Bertz CT molecular complexity index is 683. The lowest BCUT2D eigenvalue weighted by molar-refractivity contribution is -0.121. The maximum Gasteiger partial charge on any atom is 0.244 e. The number of carbonyl (C=O) groups excluding carboxylic acids is 1. The molecule has 3 rings (SSSR count). The molecule has 1 saturated heterocycles. The largest absolute Gasteiger partial charge is 0.352 e. The summed E-state index contributed by atoms with van der Waals surface area (Å²) in [5, 5.41) is 7.15. The van der Waals surface area contributed by atoms with Crippen LogP contribution in [0, 0.1) is 0 Å². The molecule has 0 bridgehead atoms. The third-order valence-electron chi connectivity index (χ3n) is 4.38. The van der Waals surface area contributed by atoms with E-state index in [1.165, 1.54) is 0 Å². The molecule has 1 aliphatic heterocycles. The Morgan fingerprint density at radius 2 is 2.12 bits per heavy atom. The van der Waals surface area contributed by atoms with E-state index in [4.69, 9.17) is 4.52 Å². The van der Waals surface area contributed by atoms with Crippen molar-refractivity contribution in [3.63, 3.8) is 0 Å². The van der Waals surface area contributed by atoms with Crippen molar-refractivity contribution in [2.45, 2.75) is 44.7 Å². The summed E-state index contributed by atoms with van der Waals surface area (Å²) in [5.41, 5.74) is 1.02. The number of likely N-dealkylation sites (tertiary alicyclic amines) is 1. The molecule has 1 amide bonds. The molecular weight excluding hydrogens is 304 g/mol. The minimum atomic E-state index is 0.0497. The number of carbonyl (C=O) groups is 1. The minimum absolute atomic E-state index is 0.0497. The lowest BCUT2D eigenvalue weighted by Gasteiger charge is -2.14. The number of likely N-dealkylation sites (N-methyl/N-ethyl adjacent to an activating group) is 1. The lowest BCUT2D eigenvalue weighted by atomic mass is 10.1. The molecule has 0 aliphatic carbocycles. The molecule has 1 N–H and O–H groups in total. The zero-order valence-corrected chi connectivity index (χ0v) is 14.4. The van der Waals surface area contributed by atoms with Crippen LogP contribution in [0.25, 0.3) is 0 Å². The van der Waals surface area contributed by atoms with Crippen molar-refractivity contribution in [3.05, 3.63) is 47.6 Å². The van der Waals surface area contributed by atoms with Gasteiger partial charge in [-0.05, 0) is 19.0 Å². The van der Waals surface area contributed by atoms with Crippen LogP contribution >= 0.6 is 0 Å². The number of nitrogens with zero attached hydrogens (tertiary/aromatic N) is 3. The van der Waals surface area contributed by atoms with Crippen LogP contribution in [0.1, 0.15) is 49.5 Å². The van der Waals surface area contributed by atoms with Crippen LogP contribution in [-0.4, -0.2) is 40.6 Å². The molecular formula is C18H24N4O2. The molecule has 2 unspecified atom stereocenters. The van der Waals surface area contributed by atoms with Gasteiger partial charge in [-0.25, -0.2) is 0 Å². The standard InChI is InChI=1S/C18H24N4O2/c1-12(2)17-20-18(24-21-17)15-10-14(11-22(15)3)19-16(23)9-13-7-5-4-6-8-13/h4-8,12,14-15H,9-11H2,1-3H3,(H,19,23). The Kier molecular flexibility index (Phi) is 4.94. The Labute approximate surface area is 142 Å². The number of benzene rings is 1. The zero-order valence-electron chi connectivity index (χ0n) is 14.4.